The Hall–Kier alpha value is -3.40. The molecule has 7 nitrogen and oxygen atoms in total. The van der Waals surface area contributed by atoms with E-state index < -0.39 is 24.3 Å². The van der Waals surface area contributed by atoms with E-state index in [-0.39, 0.29) is 18.1 Å². The molecule has 0 saturated heterocycles. The average Bonchev–Trinajstić information content (AvgIpc) is 3.08. The third kappa shape index (κ3) is 5.04. The summed E-state index contributed by atoms with van der Waals surface area (Å²) < 4.78 is 15.6. The van der Waals surface area contributed by atoms with Crippen LogP contribution >= 0.6 is 0 Å². The van der Waals surface area contributed by atoms with Crippen LogP contribution in [-0.4, -0.2) is 24.1 Å². The highest BCUT2D eigenvalue weighted by Gasteiger charge is 2.22. The summed E-state index contributed by atoms with van der Waals surface area (Å²) in [6.07, 6.45) is 0. The molecule has 1 unspecified atom stereocenters. The van der Waals surface area contributed by atoms with E-state index in [1.807, 2.05) is 18.2 Å². The number of carbonyl (C=O) groups is 2. The number of Topliss-reactive ketones (excluding diaryl/α,β-unsaturated/α-hetero) is 1. The molecular formula is C18H16N2O5. The molecule has 1 heterocycles. The molecule has 1 aromatic heterocycles. The smallest absolute Gasteiger partial charge is 0.374 e. The van der Waals surface area contributed by atoms with Gasteiger partial charge in [-0.05, 0) is 31.2 Å². The Morgan fingerprint density at radius 3 is 2.60 bits per heavy atom. The third-order valence-electron chi connectivity index (χ3n) is 3.22. The highest BCUT2D eigenvalue weighted by molar-refractivity contribution is 6.06. The molecule has 0 aliphatic heterocycles. The number of nitrogens with one attached hydrogen (secondary N) is 1. The van der Waals surface area contributed by atoms with Gasteiger partial charge < -0.3 is 19.3 Å². The molecule has 0 bridgehead atoms. The number of rotatable bonds is 8. The van der Waals surface area contributed by atoms with Crippen molar-refractivity contribution in [1.29, 1.82) is 10.7 Å². The molecule has 25 heavy (non-hydrogen) atoms. The number of furan rings is 1. The number of ether oxygens (including phenoxy) is 2. The summed E-state index contributed by atoms with van der Waals surface area (Å²) in [7, 11) is 0. The SMILES string of the molecule is CC(=N)C(C#N)C(=O)COC(=O)c1ccc(COc2ccccc2)o1. The van der Waals surface area contributed by atoms with Gasteiger partial charge in [0.05, 0.1) is 6.07 Å². The van der Waals surface area contributed by atoms with E-state index in [1.54, 1.807) is 24.3 Å². The van der Waals surface area contributed by atoms with Crippen molar-refractivity contribution in [2.24, 2.45) is 5.92 Å². The molecule has 1 aromatic carbocycles. The molecule has 0 fully saturated rings. The van der Waals surface area contributed by atoms with E-state index >= 15 is 0 Å². The van der Waals surface area contributed by atoms with Crippen molar-refractivity contribution in [1.82, 2.24) is 0 Å². The summed E-state index contributed by atoms with van der Waals surface area (Å²) in [5.41, 5.74) is -0.0955. The number of ketones is 1. The number of para-hydroxylation sites is 1. The summed E-state index contributed by atoms with van der Waals surface area (Å²) in [5, 5.41) is 16.2. The lowest BCUT2D eigenvalue weighted by atomic mass is 10.0. The van der Waals surface area contributed by atoms with Gasteiger partial charge >= 0.3 is 5.97 Å². The maximum Gasteiger partial charge on any atom is 0.374 e. The van der Waals surface area contributed by atoms with Crippen molar-refractivity contribution < 1.29 is 23.5 Å². The summed E-state index contributed by atoms with van der Waals surface area (Å²) in [5.74, 6) is -1.66. The number of benzene rings is 1. The van der Waals surface area contributed by atoms with Crippen molar-refractivity contribution in [2.75, 3.05) is 6.61 Å². The van der Waals surface area contributed by atoms with Crippen LogP contribution in [0.5, 0.6) is 5.75 Å². The molecule has 128 valence electrons. The second-order valence-electron chi connectivity index (χ2n) is 5.16. The Bertz CT molecular complexity index is 804. The van der Waals surface area contributed by atoms with Crippen LogP contribution in [0, 0.1) is 22.7 Å². The highest BCUT2D eigenvalue weighted by atomic mass is 16.5. The molecule has 0 radical (unpaired) electrons. The summed E-state index contributed by atoms with van der Waals surface area (Å²) in [4.78, 5) is 23.6. The molecule has 0 aliphatic carbocycles. The number of nitriles is 1. The van der Waals surface area contributed by atoms with Crippen LogP contribution in [0.2, 0.25) is 0 Å². The normalized spacial score (nSPS) is 11.2. The Kier molecular flexibility index (Phi) is 6.07. The molecule has 0 aliphatic rings. The van der Waals surface area contributed by atoms with Crippen LogP contribution in [0.3, 0.4) is 0 Å². The highest BCUT2D eigenvalue weighted by Crippen LogP contribution is 2.14. The lowest BCUT2D eigenvalue weighted by Crippen LogP contribution is -2.25. The lowest BCUT2D eigenvalue weighted by Gasteiger charge is -2.06. The lowest BCUT2D eigenvalue weighted by molar-refractivity contribution is -0.122. The Labute approximate surface area is 144 Å². The number of hydrogen-bond acceptors (Lipinski definition) is 7. The number of esters is 1. The van der Waals surface area contributed by atoms with Gasteiger partial charge in [0, 0.05) is 5.71 Å². The summed E-state index contributed by atoms with van der Waals surface area (Å²) in [6, 6.07) is 13.8. The minimum Gasteiger partial charge on any atom is -0.486 e. The molecule has 2 aromatic rings. The van der Waals surface area contributed by atoms with Gasteiger partial charge in [-0.15, -0.1) is 0 Å². The molecule has 0 saturated carbocycles. The van der Waals surface area contributed by atoms with E-state index in [0.717, 1.165) is 0 Å². The van der Waals surface area contributed by atoms with Crippen LogP contribution in [0.4, 0.5) is 0 Å². The van der Waals surface area contributed by atoms with E-state index in [1.165, 1.54) is 13.0 Å². The molecule has 0 spiro atoms. The van der Waals surface area contributed by atoms with Crippen molar-refractivity contribution in [3.05, 3.63) is 54.0 Å². The van der Waals surface area contributed by atoms with Gasteiger partial charge in [0.2, 0.25) is 5.76 Å². The Morgan fingerprint density at radius 2 is 1.96 bits per heavy atom. The number of carbonyl (C=O) groups excluding carboxylic acids is 2. The third-order valence-corrected chi connectivity index (χ3v) is 3.22. The van der Waals surface area contributed by atoms with Crippen molar-refractivity contribution in [2.45, 2.75) is 13.5 Å². The first-order chi connectivity index (χ1) is 12.0. The Morgan fingerprint density at radius 1 is 1.24 bits per heavy atom. The zero-order chi connectivity index (χ0) is 18.2. The first kappa shape index (κ1) is 17.9. The summed E-state index contributed by atoms with van der Waals surface area (Å²) in [6.45, 7) is 0.892. The van der Waals surface area contributed by atoms with Crippen LogP contribution in [0.25, 0.3) is 0 Å². The monoisotopic (exact) mass is 340 g/mol. The van der Waals surface area contributed by atoms with Gasteiger partial charge in [0.15, 0.2) is 12.4 Å². The predicted molar refractivity (Wildman–Crippen MR) is 87.3 cm³/mol. The largest absolute Gasteiger partial charge is 0.486 e. The zero-order valence-corrected chi connectivity index (χ0v) is 13.5. The van der Waals surface area contributed by atoms with Crippen molar-refractivity contribution in [3.63, 3.8) is 0 Å². The van der Waals surface area contributed by atoms with E-state index in [9.17, 15) is 9.59 Å². The van der Waals surface area contributed by atoms with E-state index in [4.69, 9.17) is 24.6 Å². The Balaban J connectivity index is 1.87. The molecule has 1 N–H and O–H groups in total. The van der Waals surface area contributed by atoms with Gasteiger partial charge in [-0.3, -0.25) is 4.79 Å². The van der Waals surface area contributed by atoms with Crippen molar-refractivity contribution in [3.8, 4) is 11.8 Å². The van der Waals surface area contributed by atoms with Gasteiger partial charge in [-0.1, -0.05) is 18.2 Å². The fourth-order valence-corrected chi connectivity index (χ4v) is 1.94. The molecule has 7 heteroatoms. The quantitative estimate of drug-likeness (QED) is 0.584. The van der Waals surface area contributed by atoms with Gasteiger partial charge in [0.1, 0.15) is 24.0 Å². The maximum atomic E-state index is 11.9. The van der Waals surface area contributed by atoms with Crippen LogP contribution in [0.15, 0.2) is 46.9 Å². The fourth-order valence-electron chi connectivity index (χ4n) is 1.94. The number of nitrogens with zero attached hydrogens (tertiary/aromatic N) is 1. The van der Waals surface area contributed by atoms with E-state index in [0.29, 0.717) is 11.5 Å². The van der Waals surface area contributed by atoms with Gasteiger partial charge in [-0.2, -0.15) is 5.26 Å². The predicted octanol–water partition coefficient (Wildman–Crippen LogP) is 2.76. The minimum atomic E-state index is -1.21. The second kappa shape index (κ2) is 8.45. The maximum absolute atomic E-state index is 11.9. The standard InChI is InChI=1S/C18H16N2O5/c1-12(20)15(9-19)16(21)11-24-18(22)17-8-7-14(25-17)10-23-13-5-3-2-4-6-13/h2-8,15,20H,10-11H2,1H3. The van der Waals surface area contributed by atoms with Gasteiger partial charge in [0.25, 0.3) is 0 Å². The number of hydrogen-bond donors (Lipinski definition) is 1. The first-order valence-corrected chi connectivity index (χ1v) is 7.42. The van der Waals surface area contributed by atoms with Crippen LogP contribution < -0.4 is 4.74 Å². The minimum absolute atomic E-state index is 0.0699. The molecule has 2 rings (SSSR count). The second-order valence-corrected chi connectivity index (χ2v) is 5.16. The summed E-state index contributed by atoms with van der Waals surface area (Å²) >= 11 is 0. The van der Waals surface area contributed by atoms with Crippen molar-refractivity contribution >= 4 is 17.5 Å². The topological polar surface area (TPSA) is 113 Å². The van der Waals surface area contributed by atoms with Crippen LogP contribution in [-0.2, 0) is 16.1 Å². The van der Waals surface area contributed by atoms with Gasteiger partial charge in [-0.25, -0.2) is 4.79 Å². The fraction of sp³-hybridized carbons (Fsp3) is 0.222. The first-order valence-electron chi connectivity index (χ1n) is 7.42. The van der Waals surface area contributed by atoms with E-state index in [2.05, 4.69) is 0 Å². The molecule has 1 atom stereocenters. The average molecular weight is 340 g/mol. The molecular weight excluding hydrogens is 324 g/mol. The zero-order valence-electron chi connectivity index (χ0n) is 13.5. The van der Waals surface area contributed by atoms with Crippen LogP contribution in [0.1, 0.15) is 23.2 Å². The molecule has 0 amide bonds.